The maximum absolute atomic E-state index is 12.2. The van der Waals surface area contributed by atoms with Crippen LogP contribution in [0.2, 0.25) is 0 Å². The van der Waals surface area contributed by atoms with E-state index in [4.69, 9.17) is 0 Å². The summed E-state index contributed by atoms with van der Waals surface area (Å²) in [6.07, 6.45) is -5.70. The molecule has 1 heterocycles. The fraction of sp³-hybridized carbons (Fsp3) is 0.286. The Morgan fingerprint density at radius 1 is 1.20 bits per heavy atom. The van der Waals surface area contributed by atoms with Crippen molar-refractivity contribution in [2.45, 2.75) is 26.3 Å². The number of thiophene rings is 1. The Labute approximate surface area is 118 Å². The Morgan fingerprint density at radius 3 is 2.45 bits per heavy atom. The first-order chi connectivity index (χ1) is 9.26. The van der Waals surface area contributed by atoms with Gasteiger partial charge in [-0.3, -0.25) is 0 Å². The highest BCUT2D eigenvalue weighted by atomic mass is 32.1. The molecule has 108 valence electrons. The van der Waals surface area contributed by atoms with Crippen LogP contribution in [-0.2, 0) is 0 Å². The van der Waals surface area contributed by atoms with Gasteiger partial charge in [-0.25, -0.2) is 0 Å². The summed E-state index contributed by atoms with van der Waals surface area (Å²) in [6.45, 7) is 3.78. The fourth-order valence-corrected chi connectivity index (χ4v) is 2.94. The third-order valence-electron chi connectivity index (χ3n) is 2.78. The SMILES string of the molecule is Cc1cc(C(O)c2cccc(OC(F)(F)F)c2)c(C)s1. The van der Waals surface area contributed by atoms with Crippen LogP contribution in [0.5, 0.6) is 5.75 Å². The average Bonchev–Trinajstić information content (AvgIpc) is 2.65. The number of rotatable bonds is 3. The fourth-order valence-electron chi connectivity index (χ4n) is 1.98. The summed E-state index contributed by atoms with van der Waals surface area (Å²) >= 11 is 1.54. The van der Waals surface area contributed by atoms with Crippen molar-refractivity contribution in [3.05, 3.63) is 51.2 Å². The molecule has 0 aliphatic heterocycles. The molecule has 0 aliphatic carbocycles. The van der Waals surface area contributed by atoms with Crippen LogP contribution in [0, 0.1) is 13.8 Å². The van der Waals surface area contributed by atoms with Crippen LogP contribution in [0.1, 0.15) is 27.0 Å². The normalized spacial score (nSPS) is 13.3. The predicted octanol–water partition coefficient (Wildman–Crippen LogP) is 4.35. The molecule has 1 unspecified atom stereocenters. The van der Waals surface area contributed by atoms with Gasteiger partial charge >= 0.3 is 6.36 Å². The van der Waals surface area contributed by atoms with E-state index in [1.54, 1.807) is 6.07 Å². The Hall–Kier alpha value is -1.53. The van der Waals surface area contributed by atoms with Crippen LogP contribution < -0.4 is 4.74 Å². The van der Waals surface area contributed by atoms with Gasteiger partial charge in [0.15, 0.2) is 0 Å². The lowest BCUT2D eigenvalue weighted by atomic mass is 10.0. The van der Waals surface area contributed by atoms with Crippen molar-refractivity contribution in [2.75, 3.05) is 0 Å². The second-order valence-corrected chi connectivity index (χ2v) is 5.85. The maximum atomic E-state index is 12.2. The van der Waals surface area contributed by atoms with Crippen LogP contribution in [0.25, 0.3) is 0 Å². The monoisotopic (exact) mass is 302 g/mol. The zero-order chi connectivity index (χ0) is 14.9. The first-order valence-corrected chi connectivity index (χ1v) is 6.68. The van der Waals surface area contributed by atoms with E-state index >= 15 is 0 Å². The standard InChI is InChI=1S/C14H13F3O2S/c1-8-6-12(9(2)20-8)13(18)10-4-3-5-11(7-10)19-14(15,16)17/h3-7,13,18H,1-2H3. The topological polar surface area (TPSA) is 29.5 Å². The molecule has 0 aliphatic rings. The number of benzene rings is 1. The number of halogens is 3. The van der Waals surface area contributed by atoms with Gasteiger partial charge in [-0.1, -0.05) is 12.1 Å². The van der Waals surface area contributed by atoms with E-state index in [1.807, 2.05) is 19.9 Å². The lowest BCUT2D eigenvalue weighted by molar-refractivity contribution is -0.274. The first kappa shape index (κ1) is 14.9. The Morgan fingerprint density at radius 2 is 1.90 bits per heavy atom. The third kappa shape index (κ3) is 3.52. The molecule has 0 saturated carbocycles. The van der Waals surface area contributed by atoms with Crippen molar-refractivity contribution in [1.82, 2.24) is 0 Å². The zero-order valence-electron chi connectivity index (χ0n) is 10.9. The molecular formula is C14H13F3O2S. The number of aliphatic hydroxyl groups excluding tert-OH is 1. The van der Waals surface area contributed by atoms with Crippen LogP contribution >= 0.6 is 11.3 Å². The zero-order valence-corrected chi connectivity index (χ0v) is 11.7. The van der Waals surface area contributed by atoms with Gasteiger partial charge in [0, 0.05) is 9.75 Å². The molecular weight excluding hydrogens is 289 g/mol. The summed E-state index contributed by atoms with van der Waals surface area (Å²) in [6, 6.07) is 7.23. The molecule has 6 heteroatoms. The van der Waals surface area contributed by atoms with Crippen LogP contribution in [0.15, 0.2) is 30.3 Å². The summed E-state index contributed by atoms with van der Waals surface area (Å²) < 4.78 is 40.4. The van der Waals surface area contributed by atoms with E-state index in [0.29, 0.717) is 11.1 Å². The van der Waals surface area contributed by atoms with Gasteiger partial charge in [0.25, 0.3) is 0 Å². The number of ether oxygens (including phenoxy) is 1. The van der Waals surface area contributed by atoms with Gasteiger partial charge in [0.2, 0.25) is 0 Å². The number of alkyl halides is 3. The quantitative estimate of drug-likeness (QED) is 0.913. The van der Waals surface area contributed by atoms with Gasteiger partial charge in [-0.2, -0.15) is 0 Å². The van der Waals surface area contributed by atoms with Gasteiger partial charge < -0.3 is 9.84 Å². The highest BCUT2D eigenvalue weighted by Gasteiger charge is 2.31. The molecule has 0 fully saturated rings. The summed E-state index contributed by atoms with van der Waals surface area (Å²) in [5.41, 5.74) is 1.07. The van der Waals surface area contributed by atoms with Crippen molar-refractivity contribution < 1.29 is 23.0 Å². The molecule has 1 aromatic heterocycles. The molecule has 20 heavy (non-hydrogen) atoms. The number of hydrogen-bond acceptors (Lipinski definition) is 3. The molecule has 0 saturated heterocycles. The van der Waals surface area contributed by atoms with Crippen LogP contribution in [0.3, 0.4) is 0 Å². The van der Waals surface area contributed by atoms with E-state index in [0.717, 1.165) is 9.75 Å². The summed E-state index contributed by atoms with van der Waals surface area (Å²) in [5, 5.41) is 10.3. The van der Waals surface area contributed by atoms with Gasteiger partial charge in [-0.15, -0.1) is 24.5 Å². The van der Waals surface area contributed by atoms with Gasteiger partial charge in [0.05, 0.1) is 0 Å². The number of hydrogen-bond donors (Lipinski definition) is 1. The predicted molar refractivity (Wildman–Crippen MR) is 71.0 cm³/mol. The van der Waals surface area contributed by atoms with Crippen LogP contribution in [-0.4, -0.2) is 11.5 Å². The molecule has 0 bridgehead atoms. The minimum atomic E-state index is -4.74. The lowest BCUT2D eigenvalue weighted by Crippen LogP contribution is -2.17. The van der Waals surface area contributed by atoms with Gasteiger partial charge in [0.1, 0.15) is 11.9 Å². The highest BCUT2D eigenvalue weighted by molar-refractivity contribution is 7.12. The second-order valence-electron chi connectivity index (χ2n) is 4.39. The first-order valence-electron chi connectivity index (χ1n) is 5.87. The molecule has 1 aromatic carbocycles. The molecule has 2 rings (SSSR count). The minimum absolute atomic E-state index is 0.335. The molecule has 0 radical (unpaired) electrons. The Kier molecular flexibility index (Phi) is 4.06. The molecule has 0 amide bonds. The molecule has 2 nitrogen and oxygen atoms in total. The van der Waals surface area contributed by atoms with Crippen molar-refractivity contribution in [2.24, 2.45) is 0 Å². The lowest BCUT2D eigenvalue weighted by Gasteiger charge is -2.14. The summed E-state index contributed by atoms with van der Waals surface area (Å²) in [7, 11) is 0. The molecule has 2 aromatic rings. The maximum Gasteiger partial charge on any atom is 0.573 e. The van der Waals surface area contributed by atoms with E-state index in [2.05, 4.69) is 4.74 Å². The summed E-state index contributed by atoms with van der Waals surface area (Å²) in [4.78, 5) is 1.98. The van der Waals surface area contributed by atoms with Crippen molar-refractivity contribution >= 4 is 11.3 Å². The molecule has 1 atom stereocenters. The van der Waals surface area contributed by atoms with E-state index in [-0.39, 0.29) is 5.75 Å². The van der Waals surface area contributed by atoms with Crippen molar-refractivity contribution in [3.8, 4) is 5.75 Å². The summed E-state index contributed by atoms with van der Waals surface area (Å²) in [5.74, 6) is -0.335. The third-order valence-corrected chi connectivity index (χ3v) is 3.76. The molecule has 1 N–H and O–H groups in total. The van der Waals surface area contributed by atoms with Crippen molar-refractivity contribution in [3.63, 3.8) is 0 Å². The smallest absolute Gasteiger partial charge is 0.406 e. The largest absolute Gasteiger partial charge is 0.573 e. The van der Waals surface area contributed by atoms with Gasteiger partial charge in [-0.05, 0) is 43.2 Å². The Balaban J connectivity index is 2.29. The highest BCUT2D eigenvalue weighted by Crippen LogP contribution is 2.32. The minimum Gasteiger partial charge on any atom is -0.406 e. The number of aryl methyl sites for hydroxylation is 2. The van der Waals surface area contributed by atoms with E-state index < -0.39 is 12.5 Å². The van der Waals surface area contributed by atoms with E-state index in [1.165, 1.54) is 29.5 Å². The average molecular weight is 302 g/mol. The molecule has 0 spiro atoms. The van der Waals surface area contributed by atoms with E-state index in [9.17, 15) is 18.3 Å². The number of aliphatic hydroxyl groups is 1. The van der Waals surface area contributed by atoms with Crippen molar-refractivity contribution in [1.29, 1.82) is 0 Å². The second kappa shape index (κ2) is 5.46. The Bertz CT molecular complexity index is 605. The van der Waals surface area contributed by atoms with Crippen LogP contribution in [0.4, 0.5) is 13.2 Å².